The first-order valence-electron chi connectivity index (χ1n) is 8.65. The van der Waals surface area contributed by atoms with Gasteiger partial charge in [0, 0.05) is 35.0 Å². The molecule has 0 spiro atoms. The van der Waals surface area contributed by atoms with Crippen LogP contribution in [0, 0.1) is 0 Å². The van der Waals surface area contributed by atoms with Crippen molar-refractivity contribution in [1.82, 2.24) is 15.0 Å². The van der Waals surface area contributed by atoms with Gasteiger partial charge in [0.1, 0.15) is 5.82 Å². The fraction of sp³-hybridized carbons (Fsp3) is 0.250. The van der Waals surface area contributed by atoms with Crippen molar-refractivity contribution in [2.75, 3.05) is 16.9 Å². The number of anilines is 3. The molecule has 1 atom stereocenters. The van der Waals surface area contributed by atoms with Crippen molar-refractivity contribution in [1.29, 1.82) is 0 Å². The first-order chi connectivity index (χ1) is 12.7. The molecule has 0 aliphatic rings. The molecule has 6 heteroatoms. The van der Waals surface area contributed by atoms with Gasteiger partial charge in [0.25, 0.3) is 0 Å². The molecule has 0 fully saturated rings. The van der Waals surface area contributed by atoms with Crippen molar-refractivity contribution in [3.8, 4) is 11.3 Å². The van der Waals surface area contributed by atoms with Gasteiger partial charge in [-0.15, -0.1) is 11.8 Å². The lowest BCUT2D eigenvalue weighted by molar-refractivity contribution is 0.753. The molecule has 26 heavy (non-hydrogen) atoms. The third-order valence-electron chi connectivity index (χ3n) is 4.06. The number of hydrogen-bond donors (Lipinski definition) is 2. The maximum Gasteiger partial charge on any atom is 0.225 e. The molecule has 0 unspecified atom stereocenters. The molecule has 0 radical (unpaired) electrons. The minimum atomic E-state index is 0.300. The Kier molecular flexibility index (Phi) is 6.07. The number of nitrogens with zero attached hydrogens (tertiary/aromatic N) is 3. The van der Waals surface area contributed by atoms with Crippen LogP contribution in [0.5, 0.6) is 0 Å². The Labute approximate surface area is 158 Å². The lowest BCUT2D eigenvalue weighted by Crippen LogP contribution is -2.16. The molecule has 0 saturated heterocycles. The fourth-order valence-corrected chi connectivity index (χ4v) is 3.01. The Morgan fingerprint density at radius 3 is 2.58 bits per heavy atom. The molecule has 2 heterocycles. The average Bonchev–Trinajstić information content (AvgIpc) is 2.69. The Hall–Kier alpha value is -2.60. The van der Waals surface area contributed by atoms with E-state index in [0.29, 0.717) is 12.0 Å². The summed E-state index contributed by atoms with van der Waals surface area (Å²) < 4.78 is 0. The Morgan fingerprint density at radius 2 is 1.85 bits per heavy atom. The van der Waals surface area contributed by atoms with Crippen LogP contribution < -0.4 is 10.6 Å². The number of rotatable bonds is 7. The van der Waals surface area contributed by atoms with Crippen LogP contribution in [0.15, 0.2) is 59.8 Å². The molecule has 3 rings (SSSR count). The van der Waals surface area contributed by atoms with Gasteiger partial charge in [-0.05, 0) is 43.9 Å². The van der Waals surface area contributed by atoms with E-state index in [-0.39, 0.29) is 0 Å². The first-order valence-corrected chi connectivity index (χ1v) is 9.88. The number of benzene rings is 1. The summed E-state index contributed by atoms with van der Waals surface area (Å²) in [7, 11) is 0. The standard InChI is InChI=1S/C20H23N5S/c1-4-14(2)22-20-24-17(15-9-11-21-12-10-15)13-19(25-20)23-16-7-5-6-8-18(16)26-3/h5-14H,4H2,1-3H3,(H2,22,23,24,25)/t14-/m0/s1. The first kappa shape index (κ1) is 18.2. The molecular formula is C20H23N5S. The van der Waals surface area contributed by atoms with Crippen LogP contribution in [0.2, 0.25) is 0 Å². The molecule has 0 amide bonds. The van der Waals surface area contributed by atoms with Crippen LogP contribution in [0.4, 0.5) is 17.5 Å². The largest absolute Gasteiger partial charge is 0.352 e. The number of nitrogens with one attached hydrogen (secondary N) is 2. The van der Waals surface area contributed by atoms with Crippen LogP contribution in [0.25, 0.3) is 11.3 Å². The molecule has 0 aliphatic heterocycles. The summed E-state index contributed by atoms with van der Waals surface area (Å²) in [5.41, 5.74) is 2.90. The van der Waals surface area contributed by atoms with Crippen LogP contribution >= 0.6 is 11.8 Å². The smallest absolute Gasteiger partial charge is 0.225 e. The fourth-order valence-electron chi connectivity index (χ4n) is 2.45. The van der Waals surface area contributed by atoms with E-state index in [1.807, 2.05) is 30.3 Å². The highest BCUT2D eigenvalue weighted by molar-refractivity contribution is 7.98. The van der Waals surface area contributed by atoms with Gasteiger partial charge in [0.2, 0.25) is 5.95 Å². The maximum absolute atomic E-state index is 4.68. The molecular weight excluding hydrogens is 342 g/mol. The number of aromatic nitrogens is 3. The normalized spacial score (nSPS) is 11.8. The number of hydrogen-bond acceptors (Lipinski definition) is 6. The Balaban J connectivity index is 1.99. The van der Waals surface area contributed by atoms with Crippen LogP contribution in [0.3, 0.4) is 0 Å². The van der Waals surface area contributed by atoms with E-state index < -0.39 is 0 Å². The number of para-hydroxylation sites is 1. The summed E-state index contributed by atoms with van der Waals surface area (Å²) in [6.07, 6.45) is 6.62. The van der Waals surface area contributed by atoms with Gasteiger partial charge in [-0.25, -0.2) is 4.98 Å². The van der Waals surface area contributed by atoms with E-state index in [1.54, 1.807) is 24.2 Å². The minimum absolute atomic E-state index is 0.300. The molecule has 0 aliphatic carbocycles. The zero-order valence-electron chi connectivity index (χ0n) is 15.2. The zero-order valence-corrected chi connectivity index (χ0v) is 16.0. The van der Waals surface area contributed by atoms with Crippen molar-refractivity contribution >= 4 is 29.2 Å². The number of thioether (sulfide) groups is 1. The van der Waals surface area contributed by atoms with E-state index in [9.17, 15) is 0 Å². The van der Waals surface area contributed by atoms with E-state index in [4.69, 9.17) is 0 Å². The van der Waals surface area contributed by atoms with Gasteiger partial charge in [-0.3, -0.25) is 4.98 Å². The average molecular weight is 366 g/mol. The SMILES string of the molecule is CC[C@H](C)Nc1nc(Nc2ccccc2SC)cc(-c2ccncc2)n1. The summed E-state index contributed by atoms with van der Waals surface area (Å²) in [6.45, 7) is 4.26. The van der Waals surface area contributed by atoms with Gasteiger partial charge < -0.3 is 10.6 Å². The second kappa shape index (κ2) is 8.67. The molecule has 1 aromatic carbocycles. The van der Waals surface area contributed by atoms with Crippen molar-refractivity contribution in [3.63, 3.8) is 0 Å². The lowest BCUT2D eigenvalue weighted by atomic mass is 10.2. The van der Waals surface area contributed by atoms with E-state index in [0.717, 1.165) is 29.2 Å². The predicted octanol–water partition coefficient (Wildman–Crippen LogP) is 5.21. The van der Waals surface area contributed by atoms with Crippen molar-refractivity contribution in [2.45, 2.75) is 31.2 Å². The highest BCUT2D eigenvalue weighted by Crippen LogP contribution is 2.29. The molecule has 0 bridgehead atoms. The second-order valence-corrected chi connectivity index (χ2v) is 6.82. The van der Waals surface area contributed by atoms with Gasteiger partial charge in [-0.1, -0.05) is 19.1 Å². The summed E-state index contributed by atoms with van der Waals surface area (Å²) in [4.78, 5) is 14.6. The van der Waals surface area contributed by atoms with E-state index in [1.165, 1.54) is 4.90 Å². The van der Waals surface area contributed by atoms with Crippen molar-refractivity contribution in [3.05, 3.63) is 54.9 Å². The summed E-state index contributed by atoms with van der Waals surface area (Å²) in [6, 6.07) is 14.4. The molecule has 0 saturated carbocycles. The van der Waals surface area contributed by atoms with Gasteiger partial charge in [0.15, 0.2) is 0 Å². The zero-order chi connectivity index (χ0) is 18.4. The molecule has 2 aromatic heterocycles. The van der Waals surface area contributed by atoms with Crippen molar-refractivity contribution < 1.29 is 0 Å². The van der Waals surface area contributed by atoms with Gasteiger partial charge >= 0.3 is 0 Å². The summed E-state index contributed by atoms with van der Waals surface area (Å²) in [5, 5.41) is 6.81. The van der Waals surface area contributed by atoms with E-state index in [2.05, 4.69) is 57.8 Å². The molecule has 2 N–H and O–H groups in total. The minimum Gasteiger partial charge on any atom is -0.352 e. The Bertz CT molecular complexity index is 854. The monoisotopic (exact) mass is 365 g/mol. The lowest BCUT2D eigenvalue weighted by Gasteiger charge is -2.15. The van der Waals surface area contributed by atoms with E-state index >= 15 is 0 Å². The Morgan fingerprint density at radius 1 is 1.08 bits per heavy atom. The molecule has 3 aromatic rings. The summed E-state index contributed by atoms with van der Waals surface area (Å²) >= 11 is 1.70. The summed E-state index contributed by atoms with van der Waals surface area (Å²) in [5.74, 6) is 1.39. The van der Waals surface area contributed by atoms with Crippen molar-refractivity contribution in [2.24, 2.45) is 0 Å². The highest BCUT2D eigenvalue weighted by Gasteiger charge is 2.10. The maximum atomic E-state index is 4.68. The van der Waals surface area contributed by atoms with Gasteiger partial charge in [-0.2, -0.15) is 4.98 Å². The highest BCUT2D eigenvalue weighted by atomic mass is 32.2. The van der Waals surface area contributed by atoms with Gasteiger partial charge in [0.05, 0.1) is 11.4 Å². The third-order valence-corrected chi connectivity index (χ3v) is 4.86. The van der Waals surface area contributed by atoms with Crippen LogP contribution in [-0.4, -0.2) is 27.2 Å². The molecule has 134 valence electrons. The second-order valence-electron chi connectivity index (χ2n) is 5.98. The quantitative estimate of drug-likeness (QED) is 0.560. The third kappa shape index (κ3) is 4.52. The number of pyridine rings is 1. The predicted molar refractivity (Wildman–Crippen MR) is 110 cm³/mol. The van der Waals surface area contributed by atoms with Crippen LogP contribution in [0.1, 0.15) is 20.3 Å². The topological polar surface area (TPSA) is 62.7 Å². The van der Waals surface area contributed by atoms with Crippen LogP contribution in [-0.2, 0) is 0 Å². The molecule has 5 nitrogen and oxygen atoms in total.